The van der Waals surface area contributed by atoms with Gasteiger partial charge in [-0.25, -0.2) is 5.01 Å². The maximum Gasteiger partial charge on any atom is 0.239 e. The Kier molecular flexibility index (Phi) is 2.30. The number of hydrazine groups is 1. The molecule has 0 radical (unpaired) electrons. The third kappa shape index (κ3) is 1.56. The van der Waals surface area contributed by atoms with Crippen LogP contribution < -0.4 is 0 Å². The van der Waals surface area contributed by atoms with Gasteiger partial charge >= 0.3 is 0 Å². The van der Waals surface area contributed by atoms with E-state index in [1.54, 1.807) is 0 Å². The number of hydrogen-bond donors (Lipinski definition) is 0. The second-order valence-electron chi connectivity index (χ2n) is 2.05. The molecular weight excluding hydrogens is 140 g/mol. The minimum Gasteiger partial charge on any atom is -0.276 e. The van der Waals surface area contributed by atoms with Crippen LogP contribution in [0.25, 0.3) is 0 Å². The summed E-state index contributed by atoms with van der Waals surface area (Å²) in [6.07, 6.45) is 2.89. The highest BCUT2D eigenvalue weighted by molar-refractivity contribution is 6.17. The van der Waals surface area contributed by atoms with Crippen molar-refractivity contribution < 1.29 is 4.79 Å². The number of hydrogen-bond acceptors (Lipinski definition) is 2. The third-order valence-corrected chi connectivity index (χ3v) is 1.73. The lowest BCUT2D eigenvalue weighted by atomic mass is 10.4. The Bertz CT molecular complexity index is 103. The van der Waals surface area contributed by atoms with Crippen LogP contribution in [0, 0.1) is 0 Å². The molecule has 0 spiro atoms. The van der Waals surface area contributed by atoms with Gasteiger partial charge in [0.2, 0.25) is 6.41 Å². The summed E-state index contributed by atoms with van der Waals surface area (Å²) in [5.41, 5.74) is 0. The van der Waals surface area contributed by atoms with Gasteiger partial charge in [0.05, 0.1) is 0 Å². The Morgan fingerprint density at radius 3 is 2.44 bits per heavy atom. The Labute approximate surface area is 59.3 Å². The lowest BCUT2D eigenvalue weighted by Gasteiger charge is -2.18. The van der Waals surface area contributed by atoms with Gasteiger partial charge in [0.25, 0.3) is 0 Å². The summed E-state index contributed by atoms with van der Waals surface area (Å²) in [6.45, 7) is 1.81. The number of halogens is 1. The fraction of sp³-hybridized carbons (Fsp3) is 0.800. The van der Waals surface area contributed by atoms with Crippen LogP contribution in [0.3, 0.4) is 0 Å². The molecule has 1 heterocycles. The fourth-order valence-corrected chi connectivity index (χ4v) is 1.11. The molecule has 0 aromatic heterocycles. The average molecular weight is 149 g/mol. The minimum atomic E-state index is 0.618. The van der Waals surface area contributed by atoms with Crippen molar-refractivity contribution in [2.24, 2.45) is 0 Å². The lowest BCUT2D eigenvalue weighted by Crippen LogP contribution is -2.31. The molecule has 1 rings (SSSR count). The van der Waals surface area contributed by atoms with Crippen molar-refractivity contribution in [2.45, 2.75) is 12.8 Å². The van der Waals surface area contributed by atoms with E-state index in [1.807, 2.05) is 5.01 Å². The smallest absolute Gasteiger partial charge is 0.239 e. The van der Waals surface area contributed by atoms with Crippen molar-refractivity contribution in [1.82, 2.24) is 9.54 Å². The monoisotopic (exact) mass is 148 g/mol. The van der Waals surface area contributed by atoms with Gasteiger partial charge in [-0.05, 0) is 12.8 Å². The average Bonchev–Trinajstić information content (AvgIpc) is 2.37. The van der Waals surface area contributed by atoms with E-state index in [4.69, 9.17) is 11.8 Å². The zero-order chi connectivity index (χ0) is 6.69. The highest BCUT2D eigenvalue weighted by atomic mass is 35.5. The summed E-state index contributed by atoms with van der Waals surface area (Å²) in [5, 5.41) is 1.81. The van der Waals surface area contributed by atoms with Crippen molar-refractivity contribution in [2.75, 3.05) is 13.1 Å². The SMILES string of the molecule is O=CN(Cl)N1CCCC1. The van der Waals surface area contributed by atoms with E-state index in [1.165, 1.54) is 0 Å². The van der Waals surface area contributed by atoms with Crippen LogP contribution in [0.15, 0.2) is 0 Å². The Morgan fingerprint density at radius 1 is 1.44 bits per heavy atom. The largest absolute Gasteiger partial charge is 0.276 e. The Balaban J connectivity index is 2.32. The zero-order valence-electron chi connectivity index (χ0n) is 5.09. The molecule has 0 atom stereocenters. The Morgan fingerprint density at radius 2 is 2.00 bits per heavy atom. The number of amides is 1. The fourth-order valence-electron chi connectivity index (χ4n) is 0.958. The van der Waals surface area contributed by atoms with Crippen molar-refractivity contribution in [3.8, 4) is 0 Å². The molecule has 0 aliphatic carbocycles. The number of nitrogens with zero attached hydrogens (tertiary/aromatic N) is 2. The molecule has 52 valence electrons. The van der Waals surface area contributed by atoms with Gasteiger partial charge in [0.15, 0.2) is 0 Å². The zero-order valence-corrected chi connectivity index (χ0v) is 5.84. The van der Waals surface area contributed by atoms with Gasteiger partial charge in [0.1, 0.15) is 0 Å². The van der Waals surface area contributed by atoms with E-state index in [-0.39, 0.29) is 0 Å². The van der Waals surface area contributed by atoms with Gasteiger partial charge in [-0.15, -0.1) is 0 Å². The molecule has 9 heavy (non-hydrogen) atoms. The second kappa shape index (κ2) is 3.03. The maximum atomic E-state index is 10.0. The van der Waals surface area contributed by atoms with Crippen LogP contribution in [-0.2, 0) is 4.79 Å². The van der Waals surface area contributed by atoms with Crippen molar-refractivity contribution in [3.05, 3.63) is 0 Å². The predicted octanol–water partition coefficient (Wildman–Crippen LogP) is 0.609. The van der Waals surface area contributed by atoms with E-state index in [0.717, 1.165) is 30.5 Å². The molecule has 0 aromatic rings. The quantitative estimate of drug-likeness (QED) is 0.423. The molecule has 4 heteroatoms. The van der Waals surface area contributed by atoms with Gasteiger partial charge in [-0.1, -0.05) is 0 Å². The van der Waals surface area contributed by atoms with E-state index in [9.17, 15) is 4.79 Å². The summed E-state index contributed by atoms with van der Waals surface area (Å²) in [6, 6.07) is 0. The highest BCUT2D eigenvalue weighted by Gasteiger charge is 2.15. The first-order chi connectivity index (χ1) is 4.34. The first kappa shape index (κ1) is 6.83. The molecule has 0 N–H and O–H groups in total. The van der Waals surface area contributed by atoms with Crippen LogP contribution >= 0.6 is 11.8 Å². The molecule has 1 aliphatic heterocycles. The second-order valence-corrected chi connectivity index (χ2v) is 2.40. The Hall–Kier alpha value is -0.280. The summed E-state index contributed by atoms with van der Waals surface area (Å²) in [5.74, 6) is 0. The predicted molar refractivity (Wildman–Crippen MR) is 34.6 cm³/mol. The molecule has 0 unspecified atom stereocenters. The molecule has 0 aromatic carbocycles. The highest BCUT2D eigenvalue weighted by Crippen LogP contribution is 2.10. The number of carbonyl (C=O) groups is 1. The van der Waals surface area contributed by atoms with E-state index in [0.29, 0.717) is 6.41 Å². The van der Waals surface area contributed by atoms with Crippen LogP contribution in [0.1, 0.15) is 12.8 Å². The first-order valence-corrected chi connectivity index (χ1v) is 3.33. The summed E-state index contributed by atoms with van der Waals surface area (Å²) >= 11 is 5.46. The van der Waals surface area contributed by atoms with Crippen LogP contribution in [-0.4, -0.2) is 29.0 Å². The third-order valence-electron chi connectivity index (χ3n) is 1.44. The van der Waals surface area contributed by atoms with Gasteiger partial charge in [-0.2, -0.15) is 4.53 Å². The number of carbonyl (C=O) groups excluding carboxylic acids is 1. The van der Waals surface area contributed by atoms with Crippen LogP contribution in [0.4, 0.5) is 0 Å². The van der Waals surface area contributed by atoms with E-state index >= 15 is 0 Å². The summed E-state index contributed by atoms with van der Waals surface area (Å²) in [4.78, 5) is 10.0. The van der Waals surface area contributed by atoms with Crippen molar-refractivity contribution in [3.63, 3.8) is 0 Å². The van der Waals surface area contributed by atoms with Crippen molar-refractivity contribution in [1.29, 1.82) is 0 Å². The van der Waals surface area contributed by atoms with E-state index < -0.39 is 0 Å². The molecule has 1 fully saturated rings. The maximum absolute atomic E-state index is 10.0. The molecular formula is C5H9ClN2O. The first-order valence-electron chi connectivity index (χ1n) is 3.00. The molecule has 0 saturated carbocycles. The van der Waals surface area contributed by atoms with Crippen molar-refractivity contribution >= 4 is 18.2 Å². The summed E-state index contributed by atoms with van der Waals surface area (Å²) in [7, 11) is 0. The number of rotatable bonds is 2. The molecule has 1 saturated heterocycles. The lowest BCUT2D eigenvalue weighted by molar-refractivity contribution is -0.122. The van der Waals surface area contributed by atoms with E-state index in [2.05, 4.69) is 0 Å². The molecule has 1 amide bonds. The summed E-state index contributed by atoms with van der Waals surface area (Å²) < 4.78 is 1.09. The standard InChI is InChI=1S/C5H9ClN2O/c6-8(5-9)7-3-1-2-4-7/h5H,1-4H2. The normalized spacial score (nSPS) is 20.1. The van der Waals surface area contributed by atoms with Crippen LogP contribution in [0.5, 0.6) is 0 Å². The van der Waals surface area contributed by atoms with Gasteiger partial charge in [-0.3, -0.25) is 4.79 Å². The topological polar surface area (TPSA) is 23.6 Å². The molecule has 3 nitrogen and oxygen atoms in total. The minimum absolute atomic E-state index is 0.618. The van der Waals surface area contributed by atoms with Gasteiger partial charge in [0, 0.05) is 24.9 Å². The van der Waals surface area contributed by atoms with Gasteiger partial charge < -0.3 is 0 Å². The molecule has 0 bridgehead atoms. The van der Waals surface area contributed by atoms with Crippen LogP contribution in [0.2, 0.25) is 0 Å². The molecule has 1 aliphatic rings.